The van der Waals surface area contributed by atoms with Crippen molar-refractivity contribution < 1.29 is 17.9 Å². The van der Waals surface area contributed by atoms with Gasteiger partial charge < -0.3 is 5.11 Å². The molecule has 0 amide bonds. The zero-order valence-electron chi connectivity index (χ0n) is 10.7. The van der Waals surface area contributed by atoms with Crippen molar-refractivity contribution in [2.24, 2.45) is 7.05 Å². The predicted octanol–water partition coefficient (Wildman–Crippen LogP) is 0.530. The fourth-order valence-electron chi connectivity index (χ4n) is 1.68. The van der Waals surface area contributed by atoms with Crippen LogP contribution in [-0.4, -0.2) is 23.3 Å². The van der Waals surface area contributed by atoms with Gasteiger partial charge in [0.15, 0.2) is 0 Å². The molecule has 0 aliphatic carbocycles. The molecule has 6 nitrogen and oxygen atoms in total. The first-order chi connectivity index (χ1) is 9.44. The monoisotopic (exact) mass is 299 g/mol. The average Bonchev–Trinajstić information content (AvgIpc) is 2.81. The van der Waals surface area contributed by atoms with Crippen LogP contribution in [0.25, 0.3) is 0 Å². The standard InChI is InChI=1S/C12H14FN3O3S/c1-16-10(4-5-14-16)7-15-20(18,19)12-3-2-9(8-17)6-11(12)13/h2-6,15,17H,7-8H2,1H3. The minimum Gasteiger partial charge on any atom is -0.392 e. The number of hydrogen-bond acceptors (Lipinski definition) is 4. The van der Waals surface area contributed by atoms with E-state index >= 15 is 0 Å². The third-order valence-corrected chi connectivity index (χ3v) is 4.27. The second-order valence-electron chi connectivity index (χ2n) is 4.19. The lowest BCUT2D eigenvalue weighted by molar-refractivity contribution is 0.281. The molecular weight excluding hydrogens is 285 g/mol. The van der Waals surface area contributed by atoms with E-state index in [2.05, 4.69) is 9.82 Å². The first-order valence-electron chi connectivity index (χ1n) is 5.80. The van der Waals surface area contributed by atoms with Crippen LogP contribution in [-0.2, 0) is 30.2 Å². The van der Waals surface area contributed by atoms with E-state index in [1.807, 2.05) is 0 Å². The Balaban J connectivity index is 2.20. The van der Waals surface area contributed by atoms with E-state index in [1.54, 1.807) is 19.3 Å². The lowest BCUT2D eigenvalue weighted by Gasteiger charge is -2.08. The molecule has 2 N–H and O–H groups in total. The maximum Gasteiger partial charge on any atom is 0.243 e. The molecule has 0 radical (unpaired) electrons. The summed E-state index contributed by atoms with van der Waals surface area (Å²) in [7, 11) is -2.28. The minimum atomic E-state index is -3.96. The third-order valence-electron chi connectivity index (χ3n) is 2.83. The van der Waals surface area contributed by atoms with Gasteiger partial charge in [-0.2, -0.15) is 5.10 Å². The lowest BCUT2D eigenvalue weighted by Crippen LogP contribution is -2.25. The van der Waals surface area contributed by atoms with Crippen molar-refractivity contribution in [3.63, 3.8) is 0 Å². The zero-order chi connectivity index (χ0) is 14.8. The largest absolute Gasteiger partial charge is 0.392 e. The molecule has 8 heteroatoms. The Labute approximate surface area is 115 Å². The van der Waals surface area contributed by atoms with Gasteiger partial charge in [-0.1, -0.05) is 6.07 Å². The van der Waals surface area contributed by atoms with E-state index in [1.165, 1.54) is 10.7 Å². The number of hydrogen-bond donors (Lipinski definition) is 2. The summed E-state index contributed by atoms with van der Waals surface area (Å²) in [6, 6.07) is 5.15. The molecular formula is C12H14FN3O3S. The number of halogens is 1. The smallest absolute Gasteiger partial charge is 0.243 e. The summed E-state index contributed by atoms with van der Waals surface area (Å²) < 4.78 is 41.6. The summed E-state index contributed by atoms with van der Waals surface area (Å²) in [5.41, 5.74) is 0.967. The molecule has 0 saturated carbocycles. The van der Waals surface area contributed by atoms with Crippen LogP contribution in [0.5, 0.6) is 0 Å². The topological polar surface area (TPSA) is 84.2 Å². The second-order valence-corrected chi connectivity index (χ2v) is 5.93. The van der Waals surface area contributed by atoms with Gasteiger partial charge in [0, 0.05) is 13.2 Å². The van der Waals surface area contributed by atoms with E-state index in [9.17, 15) is 12.8 Å². The highest BCUT2D eigenvalue weighted by Crippen LogP contribution is 2.16. The van der Waals surface area contributed by atoms with Gasteiger partial charge in [0.05, 0.1) is 18.8 Å². The van der Waals surface area contributed by atoms with E-state index < -0.39 is 20.7 Å². The van der Waals surface area contributed by atoms with Crippen molar-refractivity contribution >= 4 is 10.0 Å². The maximum atomic E-state index is 13.7. The van der Waals surface area contributed by atoms with Crippen molar-refractivity contribution in [3.8, 4) is 0 Å². The number of aliphatic hydroxyl groups excluding tert-OH is 1. The Morgan fingerprint density at radius 3 is 2.70 bits per heavy atom. The van der Waals surface area contributed by atoms with Crippen LogP contribution in [0.3, 0.4) is 0 Å². The SMILES string of the molecule is Cn1nccc1CNS(=O)(=O)c1ccc(CO)cc1F. The number of nitrogens with one attached hydrogen (secondary N) is 1. The Bertz CT molecular complexity index is 712. The van der Waals surface area contributed by atoms with Gasteiger partial charge in [0.2, 0.25) is 10.0 Å². The van der Waals surface area contributed by atoms with Crippen LogP contribution >= 0.6 is 0 Å². The van der Waals surface area contributed by atoms with Crippen molar-refractivity contribution in [2.75, 3.05) is 0 Å². The molecule has 2 rings (SSSR count). The molecule has 0 fully saturated rings. The molecule has 0 aliphatic rings. The molecule has 0 aliphatic heterocycles. The highest BCUT2D eigenvalue weighted by molar-refractivity contribution is 7.89. The first-order valence-corrected chi connectivity index (χ1v) is 7.28. The van der Waals surface area contributed by atoms with E-state index in [0.29, 0.717) is 11.3 Å². The molecule has 0 saturated heterocycles. The van der Waals surface area contributed by atoms with Crippen molar-refractivity contribution in [1.82, 2.24) is 14.5 Å². The molecule has 20 heavy (non-hydrogen) atoms. The van der Waals surface area contributed by atoms with Gasteiger partial charge in [0.1, 0.15) is 10.7 Å². The van der Waals surface area contributed by atoms with Gasteiger partial charge in [-0.05, 0) is 23.8 Å². The van der Waals surface area contributed by atoms with E-state index in [-0.39, 0.29) is 13.2 Å². The molecule has 0 atom stereocenters. The summed E-state index contributed by atoms with van der Waals surface area (Å²) in [4.78, 5) is -0.447. The number of benzene rings is 1. The summed E-state index contributed by atoms with van der Waals surface area (Å²) in [5.74, 6) is -0.894. The number of aryl methyl sites for hydroxylation is 1. The number of nitrogens with zero attached hydrogens (tertiary/aromatic N) is 2. The number of aliphatic hydroxyl groups is 1. The maximum absolute atomic E-state index is 13.7. The fourth-order valence-corrected chi connectivity index (χ4v) is 2.74. The quantitative estimate of drug-likeness (QED) is 0.843. The van der Waals surface area contributed by atoms with Crippen LogP contribution in [0.4, 0.5) is 4.39 Å². The van der Waals surface area contributed by atoms with Gasteiger partial charge >= 0.3 is 0 Å². The first kappa shape index (κ1) is 14.6. The Kier molecular flexibility index (Phi) is 4.17. The number of sulfonamides is 1. The van der Waals surface area contributed by atoms with E-state index in [0.717, 1.165) is 12.1 Å². The zero-order valence-corrected chi connectivity index (χ0v) is 11.6. The molecule has 1 aromatic carbocycles. The second kappa shape index (κ2) is 5.70. The summed E-state index contributed by atoms with van der Waals surface area (Å²) in [5, 5.41) is 12.8. The Morgan fingerprint density at radius 2 is 2.15 bits per heavy atom. The van der Waals surface area contributed by atoms with Gasteiger partial charge in [0.25, 0.3) is 0 Å². The van der Waals surface area contributed by atoms with Crippen molar-refractivity contribution in [3.05, 3.63) is 47.5 Å². The normalized spacial score (nSPS) is 11.8. The highest BCUT2D eigenvalue weighted by Gasteiger charge is 2.19. The van der Waals surface area contributed by atoms with Crippen molar-refractivity contribution in [1.29, 1.82) is 0 Å². The summed E-state index contributed by atoms with van der Waals surface area (Å²) >= 11 is 0. The number of aromatic nitrogens is 2. The van der Waals surface area contributed by atoms with Crippen LogP contribution < -0.4 is 4.72 Å². The molecule has 2 aromatic rings. The van der Waals surface area contributed by atoms with Gasteiger partial charge in [-0.3, -0.25) is 4.68 Å². The Hall–Kier alpha value is -1.77. The molecule has 0 unspecified atom stereocenters. The molecule has 1 heterocycles. The summed E-state index contributed by atoms with van der Waals surface area (Å²) in [6.07, 6.45) is 1.54. The molecule has 0 spiro atoms. The van der Waals surface area contributed by atoms with Crippen LogP contribution in [0, 0.1) is 5.82 Å². The van der Waals surface area contributed by atoms with Gasteiger partial charge in [-0.15, -0.1) is 0 Å². The van der Waals surface area contributed by atoms with Crippen molar-refractivity contribution in [2.45, 2.75) is 18.0 Å². The van der Waals surface area contributed by atoms with Crippen LogP contribution in [0.1, 0.15) is 11.3 Å². The van der Waals surface area contributed by atoms with E-state index in [4.69, 9.17) is 5.11 Å². The molecule has 1 aromatic heterocycles. The molecule has 108 valence electrons. The van der Waals surface area contributed by atoms with Gasteiger partial charge in [-0.25, -0.2) is 17.5 Å². The lowest BCUT2D eigenvalue weighted by atomic mass is 10.2. The average molecular weight is 299 g/mol. The highest BCUT2D eigenvalue weighted by atomic mass is 32.2. The van der Waals surface area contributed by atoms with Crippen LogP contribution in [0.15, 0.2) is 35.4 Å². The summed E-state index contributed by atoms with van der Waals surface area (Å²) in [6.45, 7) is -0.334. The fraction of sp³-hybridized carbons (Fsp3) is 0.250. The van der Waals surface area contributed by atoms with Crippen LogP contribution in [0.2, 0.25) is 0 Å². The predicted molar refractivity (Wildman–Crippen MR) is 69.6 cm³/mol. The minimum absolute atomic E-state index is 0.0139. The Morgan fingerprint density at radius 1 is 1.40 bits per heavy atom. The molecule has 0 bridgehead atoms. The number of rotatable bonds is 5. The third kappa shape index (κ3) is 3.03.